The van der Waals surface area contributed by atoms with Crippen LogP contribution in [0.15, 0.2) is 46.4 Å². The van der Waals surface area contributed by atoms with Crippen molar-refractivity contribution in [3.63, 3.8) is 0 Å². The van der Waals surface area contributed by atoms with Crippen molar-refractivity contribution in [1.29, 1.82) is 0 Å². The topological polar surface area (TPSA) is 87.2 Å². The zero-order valence-electron chi connectivity index (χ0n) is 15.2. The fraction of sp³-hybridized carbons (Fsp3) is 0.211. The summed E-state index contributed by atoms with van der Waals surface area (Å²) >= 11 is 0. The number of aromatic nitrogens is 2. The first-order valence-electron chi connectivity index (χ1n) is 8.33. The number of imide groups is 1. The molecule has 0 saturated carbocycles. The number of H-pyrrole nitrogens is 1. The minimum Gasteiger partial charge on any atom is -0.303 e. The van der Waals surface area contributed by atoms with Crippen LogP contribution in [-0.4, -0.2) is 33.2 Å². The van der Waals surface area contributed by atoms with Gasteiger partial charge in [0.05, 0.1) is 11.3 Å². The van der Waals surface area contributed by atoms with Gasteiger partial charge in [-0.25, -0.2) is 13.9 Å². The second-order valence-electron chi connectivity index (χ2n) is 6.45. The molecule has 140 valence electrons. The van der Waals surface area contributed by atoms with Crippen LogP contribution in [0, 0.1) is 12.7 Å². The van der Waals surface area contributed by atoms with Crippen LogP contribution in [0.25, 0.3) is 11.8 Å². The number of carbonyl (C=O) groups is 2. The largest absolute Gasteiger partial charge is 0.329 e. The lowest BCUT2D eigenvalue weighted by Gasteiger charge is -2.08. The van der Waals surface area contributed by atoms with E-state index in [0.29, 0.717) is 11.4 Å². The number of aromatic amines is 1. The number of nitrogens with one attached hydrogen (secondary N) is 2. The lowest BCUT2D eigenvalue weighted by atomic mass is 10.2. The maximum absolute atomic E-state index is 13.1. The van der Waals surface area contributed by atoms with Crippen molar-refractivity contribution in [3.05, 3.63) is 69.0 Å². The van der Waals surface area contributed by atoms with Crippen molar-refractivity contribution in [2.75, 3.05) is 6.54 Å². The second kappa shape index (κ2) is 7.06. The summed E-state index contributed by atoms with van der Waals surface area (Å²) in [6, 6.07) is 4.90. The lowest BCUT2D eigenvalue weighted by molar-refractivity contribution is -0.122. The fourth-order valence-corrected chi connectivity index (χ4v) is 2.66. The number of benzene rings is 1. The van der Waals surface area contributed by atoms with E-state index in [9.17, 15) is 18.8 Å². The van der Waals surface area contributed by atoms with E-state index in [1.807, 2.05) is 13.8 Å². The quantitative estimate of drug-likeness (QED) is 0.492. The van der Waals surface area contributed by atoms with Crippen molar-refractivity contribution < 1.29 is 14.0 Å². The first-order valence-corrected chi connectivity index (χ1v) is 8.33. The standard InChI is InChI=1S/C19H19FN4O3/c1-11(2)8-9-23-18(26)16(21-19(23)27)10-15-12(3)22-24(17(15)25)14-6-4-13(20)5-7-14/h4-8,10,22H,9H2,1-3H3,(H,21,27)/b16-10-. The SMILES string of the molecule is CC(C)=CCN1C(=O)N/C(=C\c2c(C)[nH]n(-c3ccc(F)cc3)c2=O)C1=O. The molecule has 7 nitrogen and oxygen atoms in total. The van der Waals surface area contributed by atoms with E-state index < -0.39 is 23.3 Å². The molecule has 3 rings (SSSR count). The highest BCUT2D eigenvalue weighted by atomic mass is 19.1. The lowest BCUT2D eigenvalue weighted by Crippen LogP contribution is -2.31. The van der Waals surface area contributed by atoms with Crippen molar-refractivity contribution in [1.82, 2.24) is 20.0 Å². The normalized spacial score (nSPS) is 15.4. The van der Waals surface area contributed by atoms with E-state index in [1.54, 1.807) is 13.0 Å². The Hall–Kier alpha value is -3.42. The van der Waals surface area contributed by atoms with Crippen LogP contribution in [0.5, 0.6) is 0 Å². The van der Waals surface area contributed by atoms with Gasteiger partial charge in [-0.1, -0.05) is 11.6 Å². The zero-order valence-corrected chi connectivity index (χ0v) is 15.2. The molecule has 1 aromatic carbocycles. The van der Waals surface area contributed by atoms with Crippen LogP contribution < -0.4 is 10.9 Å². The van der Waals surface area contributed by atoms with Crippen LogP contribution in [0.3, 0.4) is 0 Å². The molecule has 27 heavy (non-hydrogen) atoms. The highest BCUT2D eigenvalue weighted by Crippen LogP contribution is 2.15. The summed E-state index contributed by atoms with van der Waals surface area (Å²) in [7, 11) is 0. The van der Waals surface area contributed by atoms with Crippen LogP contribution in [0.1, 0.15) is 25.1 Å². The third-order valence-electron chi connectivity index (χ3n) is 4.13. The average Bonchev–Trinajstić information content (AvgIpc) is 3.04. The van der Waals surface area contributed by atoms with E-state index in [2.05, 4.69) is 10.4 Å². The summed E-state index contributed by atoms with van der Waals surface area (Å²) in [5, 5.41) is 5.38. The van der Waals surface area contributed by atoms with E-state index in [0.717, 1.165) is 10.5 Å². The first kappa shape index (κ1) is 18.4. The smallest absolute Gasteiger partial charge is 0.303 e. The van der Waals surface area contributed by atoms with Crippen molar-refractivity contribution in [2.45, 2.75) is 20.8 Å². The van der Waals surface area contributed by atoms with Gasteiger partial charge < -0.3 is 5.32 Å². The molecule has 2 aromatic rings. The number of allylic oxidation sites excluding steroid dienone is 1. The van der Waals surface area contributed by atoms with Gasteiger partial charge in [-0.15, -0.1) is 0 Å². The minimum atomic E-state index is -0.532. The molecule has 0 unspecified atom stereocenters. The molecule has 1 fully saturated rings. The maximum atomic E-state index is 13.1. The predicted octanol–water partition coefficient (Wildman–Crippen LogP) is 2.47. The maximum Gasteiger partial charge on any atom is 0.329 e. The molecule has 2 N–H and O–H groups in total. The van der Waals surface area contributed by atoms with Crippen LogP contribution in [0.4, 0.5) is 9.18 Å². The Morgan fingerprint density at radius 1 is 1.15 bits per heavy atom. The number of rotatable bonds is 4. The summed E-state index contributed by atoms with van der Waals surface area (Å²) in [5.74, 6) is -0.904. The number of halogens is 1. The molecule has 1 aromatic heterocycles. The monoisotopic (exact) mass is 370 g/mol. The van der Waals surface area contributed by atoms with Gasteiger partial charge in [0.15, 0.2) is 0 Å². The van der Waals surface area contributed by atoms with Gasteiger partial charge in [0.1, 0.15) is 11.5 Å². The number of hydrogen-bond acceptors (Lipinski definition) is 3. The molecule has 2 heterocycles. The van der Waals surface area contributed by atoms with E-state index in [1.165, 1.54) is 35.0 Å². The molecular weight excluding hydrogens is 351 g/mol. The third-order valence-corrected chi connectivity index (χ3v) is 4.13. The molecule has 0 aliphatic carbocycles. The van der Waals surface area contributed by atoms with Gasteiger partial charge in [-0.05, 0) is 51.1 Å². The molecule has 8 heteroatoms. The molecule has 0 bridgehead atoms. The Labute approximate surface area is 154 Å². The molecule has 1 aliphatic heterocycles. The molecule has 0 spiro atoms. The summed E-state index contributed by atoms with van der Waals surface area (Å²) in [4.78, 5) is 38.2. The van der Waals surface area contributed by atoms with Gasteiger partial charge >= 0.3 is 6.03 Å². The molecule has 1 aliphatic rings. The fourth-order valence-electron chi connectivity index (χ4n) is 2.66. The summed E-state index contributed by atoms with van der Waals surface area (Å²) in [5.41, 5.74) is 1.83. The summed E-state index contributed by atoms with van der Waals surface area (Å²) < 4.78 is 14.3. The van der Waals surface area contributed by atoms with E-state index >= 15 is 0 Å². The Morgan fingerprint density at radius 3 is 2.44 bits per heavy atom. The number of urea groups is 1. The molecule has 0 atom stereocenters. The van der Waals surface area contributed by atoms with Crippen LogP contribution >= 0.6 is 0 Å². The molecule has 1 saturated heterocycles. The van der Waals surface area contributed by atoms with E-state index in [-0.39, 0.29) is 17.8 Å². The van der Waals surface area contributed by atoms with Crippen LogP contribution in [-0.2, 0) is 4.79 Å². The highest BCUT2D eigenvalue weighted by Gasteiger charge is 2.33. The number of nitrogens with zero attached hydrogens (tertiary/aromatic N) is 2. The third kappa shape index (κ3) is 3.59. The summed E-state index contributed by atoms with van der Waals surface area (Å²) in [6.45, 7) is 5.58. The van der Waals surface area contributed by atoms with Gasteiger partial charge in [0, 0.05) is 12.2 Å². The predicted molar refractivity (Wildman–Crippen MR) is 98.7 cm³/mol. The molecule has 3 amide bonds. The van der Waals surface area contributed by atoms with Crippen molar-refractivity contribution in [2.24, 2.45) is 0 Å². The highest BCUT2D eigenvalue weighted by molar-refractivity contribution is 6.14. The Morgan fingerprint density at radius 2 is 1.81 bits per heavy atom. The summed E-state index contributed by atoms with van der Waals surface area (Å²) in [6.07, 6.45) is 3.13. The van der Waals surface area contributed by atoms with Gasteiger partial charge in [-0.3, -0.25) is 19.6 Å². The molecule has 0 radical (unpaired) electrons. The minimum absolute atomic E-state index is 0.0348. The number of amides is 3. The van der Waals surface area contributed by atoms with E-state index in [4.69, 9.17) is 0 Å². The average molecular weight is 370 g/mol. The number of carbonyl (C=O) groups excluding carboxylic acids is 2. The Balaban J connectivity index is 1.95. The number of hydrogen-bond donors (Lipinski definition) is 2. The Kier molecular flexibility index (Phi) is 4.81. The van der Waals surface area contributed by atoms with Gasteiger partial charge in [-0.2, -0.15) is 0 Å². The van der Waals surface area contributed by atoms with Gasteiger partial charge in [0.25, 0.3) is 11.5 Å². The van der Waals surface area contributed by atoms with Crippen molar-refractivity contribution >= 4 is 18.0 Å². The first-order chi connectivity index (χ1) is 12.8. The van der Waals surface area contributed by atoms with Gasteiger partial charge in [0.2, 0.25) is 0 Å². The van der Waals surface area contributed by atoms with Crippen LogP contribution in [0.2, 0.25) is 0 Å². The second-order valence-corrected chi connectivity index (χ2v) is 6.45. The molecular formula is C19H19FN4O3. The Bertz CT molecular complexity index is 1020. The van der Waals surface area contributed by atoms with Crippen molar-refractivity contribution in [3.8, 4) is 5.69 Å². The zero-order chi connectivity index (χ0) is 19.7. The number of aryl methyl sites for hydroxylation is 1.